The summed E-state index contributed by atoms with van der Waals surface area (Å²) in [5.41, 5.74) is 5.37. The zero-order chi connectivity index (χ0) is 31.3. The lowest BCUT2D eigenvalue weighted by molar-refractivity contribution is -0.130. The molecular weight excluding hydrogens is 605 g/mol. The van der Waals surface area contributed by atoms with Gasteiger partial charge < -0.3 is 10.1 Å². The summed E-state index contributed by atoms with van der Waals surface area (Å²) >= 11 is 2.89. The third-order valence-corrected chi connectivity index (χ3v) is 9.30. The largest absolute Gasteiger partial charge is 0.495 e. The fourth-order valence-corrected chi connectivity index (χ4v) is 6.72. The highest BCUT2D eigenvalue weighted by Crippen LogP contribution is 2.35. The number of hydrazone groups is 1. The number of hydrogen-bond donors (Lipinski definition) is 1. The second-order valence-corrected chi connectivity index (χ2v) is 12.5. The van der Waals surface area contributed by atoms with Gasteiger partial charge in [0.15, 0.2) is 11.0 Å². The molecule has 5 aromatic rings. The van der Waals surface area contributed by atoms with Crippen molar-refractivity contribution in [3.05, 3.63) is 123 Å². The Morgan fingerprint density at radius 3 is 2.56 bits per heavy atom. The van der Waals surface area contributed by atoms with Gasteiger partial charge in [-0.25, -0.2) is 5.01 Å². The van der Waals surface area contributed by atoms with Gasteiger partial charge in [0.25, 0.3) is 11.8 Å². The van der Waals surface area contributed by atoms with Gasteiger partial charge in [-0.3, -0.25) is 14.2 Å². The van der Waals surface area contributed by atoms with Crippen LogP contribution in [-0.2, 0) is 11.3 Å². The van der Waals surface area contributed by atoms with Gasteiger partial charge in [-0.15, -0.1) is 21.5 Å². The third-order valence-electron chi connectivity index (χ3n) is 7.47. The Labute approximate surface area is 270 Å². The van der Waals surface area contributed by atoms with Crippen LogP contribution in [0.3, 0.4) is 0 Å². The Morgan fingerprint density at radius 2 is 1.80 bits per heavy atom. The Morgan fingerprint density at radius 1 is 0.978 bits per heavy atom. The second kappa shape index (κ2) is 13.5. The highest BCUT2D eigenvalue weighted by atomic mass is 32.2. The number of hydrogen-bond acceptors (Lipinski definition) is 8. The number of nitrogens with zero attached hydrogens (tertiary/aromatic N) is 5. The lowest BCUT2D eigenvalue weighted by Crippen LogP contribution is -2.28. The van der Waals surface area contributed by atoms with E-state index in [1.165, 1.54) is 11.8 Å². The van der Waals surface area contributed by atoms with E-state index in [1.807, 2.05) is 78.4 Å². The number of carbonyl (C=O) groups excluding carboxylic acids is 2. The van der Waals surface area contributed by atoms with Crippen LogP contribution in [0.25, 0.3) is 5.69 Å². The van der Waals surface area contributed by atoms with Crippen LogP contribution in [0.4, 0.5) is 0 Å². The minimum absolute atomic E-state index is 0.0898. The topological polar surface area (TPSA) is 102 Å². The van der Waals surface area contributed by atoms with Gasteiger partial charge in [0.05, 0.1) is 41.7 Å². The molecular formula is C34H32N6O3S2. The molecule has 1 unspecified atom stereocenters. The molecule has 6 rings (SSSR count). The van der Waals surface area contributed by atoms with Gasteiger partial charge in [-0.1, -0.05) is 77.5 Å². The Kier molecular flexibility index (Phi) is 9.08. The van der Waals surface area contributed by atoms with Crippen LogP contribution in [0.2, 0.25) is 0 Å². The molecule has 2 aromatic heterocycles. The maximum Gasteiger partial charge on any atom is 0.253 e. The maximum atomic E-state index is 13.8. The minimum Gasteiger partial charge on any atom is -0.495 e. The lowest BCUT2D eigenvalue weighted by atomic mass is 10.00. The molecule has 0 radical (unpaired) electrons. The van der Waals surface area contributed by atoms with Crippen molar-refractivity contribution in [1.29, 1.82) is 0 Å². The number of aromatic nitrogens is 3. The fourth-order valence-electron chi connectivity index (χ4n) is 5.18. The SMILES string of the molecule is COc1ccccc1-n1c(CNC(=O)c2cccc(C)c2)nnc1SCC(=O)N1N=C(c2cccs2)CC1c1ccc(C)cc1. The quantitative estimate of drug-likeness (QED) is 0.179. The van der Waals surface area contributed by atoms with E-state index in [2.05, 4.69) is 39.8 Å². The number of rotatable bonds is 10. The smallest absolute Gasteiger partial charge is 0.253 e. The average molecular weight is 637 g/mol. The zero-order valence-electron chi connectivity index (χ0n) is 25.1. The molecule has 0 bridgehead atoms. The van der Waals surface area contributed by atoms with E-state index in [9.17, 15) is 9.59 Å². The third kappa shape index (κ3) is 6.69. The highest BCUT2D eigenvalue weighted by molar-refractivity contribution is 7.99. The molecule has 2 amide bonds. The Balaban J connectivity index is 1.26. The normalized spacial score (nSPS) is 14.3. The van der Waals surface area contributed by atoms with Gasteiger partial charge in [-0.2, -0.15) is 5.10 Å². The number of carbonyl (C=O) groups is 2. The predicted octanol–water partition coefficient (Wildman–Crippen LogP) is 6.35. The van der Waals surface area contributed by atoms with Crippen molar-refractivity contribution in [2.24, 2.45) is 5.10 Å². The van der Waals surface area contributed by atoms with E-state index < -0.39 is 0 Å². The van der Waals surface area contributed by atoms with Gasteiger partial charge in [-0.05, 0) is 55.1 Å². The number of aryl methyl sites for hydroxylation is 2. The summed E-state index contributed by atoms with van der Waals surface area (Å²) in [6.45, 7) is 4.12. The summed E-state index contributed by atoms with van der Waals surface area (Å²) in [4.78, 5) is 27.8. The maximum absolute atomic E-state index is 13.8. The van der Waals surface area contributed by atoms with Crippen LogP contribution in [-0.4, -0.2) is 50.2 Å². The van der Waals surface area contributed by atoms with Crippen molar-refractivity contribution < 1.29 is 14.3 Å². The summed E-state index contributed by atoms with van der Waals surface area (Å²) in [6.07, 6.45) is 0.641. The molecule has 0 fully saturated rings. The van der Waals surface area contributed by atoms with Crippen LogP contribution in [0, 0.1) is 13.8 Å². The summed E-state index contributed by atoms with van der Waals surface area (Å²) in [5.74, 6) is 0.856. The molecule has 0 saturated heterocycles. The highest BCUT2D eigenvalue weighted by Gasteiger charge is 2.33. The molecule has 1 N–H and O–H groups in total. The van der Waals surface area contributed by atoms with E-state index in [0.29, 0.717) is 34.4 Å². The second-order valence-electron chi connectivity index (χ2n) is 10.6. The first kappa shape index (κ1) is 30.3. The molecule has 3 heterocycles. The lowest BCUT2D eigenvalue weighted by Gasteiger charge is -2.22. The van der Waals surface area contributed by atoms with Crippen molar-refractivity contribution in [1.82, 2.24) is 25.1 Å². The number of amides is 2. The van der Waals surface area contributed by atoms with E-state index in [0.717, 1.165) is 27.3 Å². The number of para-hydroxylation sites is 2. The first-order chi connectivity index (χ1) is 21.9. The fraction of sp³-hybridized carbons (Fsp3) is 0.206. The van der Waals surface area contributed by atoms with Crippen molar-refractivity contribution in [2.45, 2.75) is 38.0 Å². The van der Waals surface area contributed by atoms with Crippen LogP contribution < -0.4 is 10.1 Å². The minimum atomic E-state index is -0.215. The first-order valence-corrected chi connectivity index (χ1v) is 16.3. The number of thioether (sulfide) groups is 1. The van der Waals surface area contributed by atoms with Crippen molar-refractivity contribution in [3.8, 4) is 11.4 Å². The Hall–Kier alpha value is -4.74. The van der Waals surface area contributed by atoms with Crippen LogP contribution >= 0.6 is 23.1 Å². The van der Waals surface area contributed by atoms with Crippen molar-refractivity contribution in [3.63, 3.8) is 0 Å². The van der Waals surface area contributed by atoms with E-state index >= 15 is 0 Å². The molecule has 228 valence electrons. The van der Waals surface area contributed by atoms with Gasteiger partial charge >= 0.3 is 0 Å². The van der Waals surface area contributed by atoms with Crippen LogP contribution in [0.1, 0.15) is 50.2 Å². The van der Waals surface area contributed by atoms with Crippen LogP contribution in [0.15, 0.2) is 101 Å². The van der Waals surface area contributed by atoms with Crippen LogP contribution in [0.5, 0.6) is 5.75 Å². The molecule has 0 aliphatic carbocycles. The number of benzene rings is 3. The molecule has 1 atom stereocenters. The molecule has 1 aliphatic rings. The monoisotopic (exact) mass is 636 g/mol. The van der Waals surface area contributed by atoms with E-state index in [1.54, 1.807) is 29.5 Å². The molecule has 9 nitrogen and oxygen atoms in total. The number of nitrogens with one attached hydrogen (secondary N) is 1. The number of methoxy groups -OCH3 is 1. The molecule has 45 heavy (non-hydrogen) atoms. The van der Waals surface area contributed by atoms with E-state index in [4.69, 9.17) is 9.84 Å². The first-order valence-electron chi connectivity index (χ1n) is 14.5. The average Bonchev–Trinajstić information content (AvgIpc) is 3.83. The van der Waals surface area contributed by atoms with Gasteiger partial charge in [0.2, 0.25) is 0 Å². The molecule has 11 heteroatoms. The number of ether oxygens (including phenoxy) is 1. The molecule has 1 aliphatic heterocycles. The molecule has 0 saturated carbocycles. The Bertz CT molecular complexity index is 1850. The summed E-state index contributed by atoms with van der Waals surface area (Å²) in [6, 6.07) is 27.0. The van der Waals surface area contributed by atoms with Gasteiger partial charge in [0.1, 0.15) is 5.75 Å². The van der Waals surface area contributed by atoms with E-state index in [-0.39, 0.29) is 30.2 Å². The molecule has 3 aromatic carbocycles. The molecule has 0 spiro atoms. The summed E-state index contributed by atoms with van der Waals surface area (Å²) in [7, 11) is 1.60. The van der Waals surface area contributed by atoms with Crippen molar-refractivity contribution in [2.75, 3.05) is 12.9 Å². The van der Waals surface area contributed by atoms with Gasteiger partial charge in [0, 0.05) is 12.0 Å². The van der Waals surface area contributed by atoms with Crippen molar-refractivity contribution >= 4 is 40.6 Å². The number of thiophene rings is 1. The summed E-state index contributed by atoms with van der Waals surface area (Å²) < 4.78 is 7.48. The predicted molar refractivity (Wildman–Crippen MR) is 177 cm³/mol. The zero-order valence-corrected chi connectivity index (χ0v) is 26.8. The summed E-state index contributed by atoms with van der Waals surface area (Å²) in [5, 5.41) is 20.7. The standard InChI is InChI=1S/C34H32N6O3S2/c1-22-13-15-24(16-14-22)28-19-26(30-12-7-17-44-30)38-40(28)32(41)21-45-34-37-36-31(39(34)27-10-4-5-11-29(27)43-3)20-35-33(42)25-9-6-8-23(2)18-25/h4-18,28H,19-21H2,1-3H3,(H,35,42).